The van der Waals surface area contributed by atoms with E-state index < -0.39 is 5.91 Å². The molecule has 8 heteroatoms. The van der Waals surface area contributed by atoms with Crippen molar-refractivity contribution < 1.29 is 18.3 Å². The third kappa shape index (κ3) is 5.07. The summed E-state index contributed by atoms with van der Waals surface area (Å²) in [6, 6.07) is 16.4. The molecule has 0 fully saturated rings. The number of aromatic nitrogens is 2. The molecule has 0 saturated heterocycles. The van der Waals surface area contributed by atoms with E-state index in [1.54, 1.807) is 29.2 Å². The minimum atomic E-state index is -0.398. The van der Waals surface area contributed by atoms with E-state index in [1.807, 2.05) is 24.3 Å². The highest BCUT2D eigenvalue weighted by molar-refractivity contribution is 6.30. The zero-order valence-electron chi connectivity index (χ0n) is 15.7. The number of halogens is 2. The van der Waals surface area contributed by atoms with Gasteiger partial charge in [-0.25, -0.2) is 4.39 Å². The van der Waals surface area contributed by atoms with E-state index in [2.05, 4.69) is 10.4 Å². The van der Waals surface area contributed by atoms with Gasteiger partial charge in [0.1, 0.15) is 23.9 Å². The summed E-state index contributed by atoms with van der Waals surface area (Å²) in [4.78, 5) is 12.4. The van der Waals surface area contributed by atoms with Crippen molar-refractivity contribution in [3.63, 3.8) is 0 Å². The molecule has 0 saturated carbocycles. The molecule has 152 valence electrons. The first-order chi connectivity index (χ1) is 14.5. The molecule has 2 heterocycles. The molecule has 2 aromatic carbocycles. The van der Waals surface area contributed by atoms with E-state index in [-0.39, 0.29) is 18.2 Å². The van der Waals surface area contributed by atoms with Crippen molar-refractivity contribution in [2.45, 2.75) is 13.2 Å². The molecule has 4 aromatic rings. The predicted octanol–water partition coefficient (Wildman–Crippen LogP) is 5.15. The number of nitrogens with zero attached hydrogens (tertiary/aromatic N) is 2. The van der Waals surface area contributed by atoms with E-state index in [0.29, 0.717) is 28.8 Å². The van der Waals surface area contributed by atoms with E-state index in [9.17, 15) is 9.18 Å². The Labute approximate surface area is 176 Å². The van der Waals surface area contributed by atoms with Crippen LogP contribution >= 0.6 is 11.6 Å². The van der Waals surface area contributed by atoms with Gasteiger partial charge < -0.3 is 14.5 Å². The largest absolute Gasteiger partial charge is 0.486 e. The van der Waals surface area contributed by atoms with Gasteiger partial charge in [0.25, 0.3) is 5.91 Å². The second-order valence-electron chi connectivity index (χ2n) is 6.52. The Balaban J connectivity index is 1.33. The standard InChI is InChI=1S/C22H17ClFN3O3/c23-16-3-1-2-15(10-16)12-27-13-18(11-25-27)26-22(28)21-9-8-20(30-21)14-29-19-6-4-17(24)5-7-19/h1-11,13H,12,14H2,(H,26,28). The molecule has 1 amide bonds. The average Bonchev–Trinajstić information content (AvgIpc) is 3.37. The zero-order valence-corrected chi connectivity index (χ0v) is 16.5. The van der Waals surface area contributed by atoms with Crippen molar-refractivity contribution in [1.82, 2.24) is 9.78 Å². The van der Waals surface area contributed by atoms with Gasteiger partial charge in [0.05, 0.1) is 18.4 Å². The third-order valence-corrected chi connectivity index (χ3v) is 4.44. The van der Waals surface area contributed by atoms with Crippen LogP contribution in [-0.2, 0) is 13.2 Å². The minimum Gasteiger partial charge on any atom is -0.486 e. The lowest BCUT2D eigenvalue weighted by Crippen LogP contribution is -2.10. The maximum Gasteiger partial charge on any atom is 0.291 e. The van der Waals surface area contributed by atoms with Crippen LogP contribution in [0.4, 0.5) is 10.1 Å². The number of rotatable bonds is 7. The van der Waals surface area contributed by atoms with Crippen molar-refractivity contribution in [1.29, 1.82) is 0 Å². The Morgan fingerprint density at radius 2 is 2.00 bits per heavy atom. The summed E-state index contributed by atoms with van der Waals surface area (Å²) in [6.07, 6.45) is 3.28. The van der Waals surface area contributed by atoms with Crippen LogP contribution in [0.1, 0.15) is 21.9 Å². The fourth-order valence-electron chi connectivity index (χ4n) is 2.79. The van der Waals surface area contributed by atoms with Gasteiger partial charge in [0, 0.05) is 11.2 Å². The van der Waals surface area contributed by atoms with Crippen molar-refractivity contribution in [3.05, 3.63) is 101 Å². The fraction of sp³-hybridized carbons (Fsp3) is 0.0909. The summed E-state index contributed by atoms with van der Waals surface area (Å²) < 4.78 is 25.7. The summed E-state index contributed by atoms with van der Waals surface area (Å²) in [7, 11) is 0. The molecule has 0 radical (unpaired) electrons. The lowest BCUT2D eigenvalue weighted by molar-refractivity contribution is 0.0992. The molecular formula is C22H17ClFN3O3. The lowest BCUT2D eigenvalue weighted by atomic mass is 10.2. The normalized spacial score (nSPS) is 10.7. The van der Waals surface area contributed by atoms with Gasteiger partial charge in [0.2, 0.25) is 0 Å². The molecule has 0 spiro atoms. The molecule has 30 heavy (non-hydrogen) atoms. The van der Waals surface area contributed by atoms with Crippen LogP contribution < -0.4 is 10.1 Å². The van der Waals surface area contributed by atoms with Gasteiger partial charge in [0.15, 0.2) is 5.76 Å². The predicted molar refractivity (Wildman–Crippen MR) is 110 cm³/mol. The van der Waals surface area contributed by atoms with Gasteiger partial charge in [-0.15, -0.1) is 0 Å². The summed E-state index contributed by atoms with van der Waals surface area (Å²) >= 11 is 6.00. The number of furan rings is 1. The summed E-state index contributed by atoms with van der Waals surface area (Å²) in [6.45, 7) is 0.651. The first kappa shape index (κ1) is 19.7. The molecule has 0 aliphatic carbocycles. The van der Waals surface area contributed by atoms with Gasteiger partial charge >= 0.3 is 0 Å². The summed E-state index contributed by atoms with van der Waals surface area (Å²) in [5.74, 6) is 0.392. The molecular weight excluding hydrogens is 409 g/mol. The highest BCUT2D eigenvalue weighted by atomic mass is 35.5. The van der Waals surface area contributed by atoms with Crippen LogP contribution in [-0.4, -0.2) is 15.7 Å². The number of hydrogen-bond acceptors (Lipinski definition) is 4. The number of nitrogens with one attached hydrogen (secondary N) is 1. The molecule has 0 aliphatic rings. The Bertz CT molecular complexity index is 1150. The number of hydrogen-bond donors (Lipinski definition) is 1. The first-order valence-corrected chi connectivity index (χ1v) is 9.48. The first-order valence-electron chi connectivity index (χ1n) is 9.10. The molecule has 4 rings (SSSR count). The van der Waals surface area contributed by atoms with Gasteiger partial charge in [-0.05, 0) is 54.1 Å². The number of carbonyl (C=O) groups is 1. The van der Waals surface area contributed by atoms with Gasteiger partial charge in [-0.3, -0.25) is 9.48 Å². The number of benzene rings is 2. The van der Waals surface area contributed by atoms with Crippen LogP contribution in [0.3, 0.4) is 0 Å². The Morgan fingerprint density at radius 1 is 1.17 bits per heavy atom. The molecule has 0 unspecified atom stereocenters. The molecule has 1 N–H and O–H groups in total. The lowest BCUT2D eigenvalue weighted by Gasteiger charge is -2.04. The quantitative estimate of drug-likeness (QED) is 0.444. The van der Waals surface area contributed by atoms with Crippen LogP contribution in [0, 0.1) is 5.82 Å². The van der Waals surface area contributed by atoms with Crippen LogP contribution in [0.5, 0.6) is 5.75 Å². The maximum absolute atomic E-state index is 12.9. The number of carbonyl (C=O) groups excluding carboxylic acids is 1. The van der Waals surface area contributed by atoms with E-state index >= 15 is 0 Å². The number of amides is 1. The fourth-order valence-corrected chi connectivity index (χ4v) is 3.01. The molecule has 0 atom stereocenters. The SMILES string of the molecule is O=C(Nc1cnn(Cc2cccc(Cl)c2)c1)c1ccc(COc2ccc(F)cc2)o1. The van der Waals surface area contributed by atoms with Crippen LogP contribution in [0.2, 0.25) is 5.02 Å². The molecule has 0 bridgehead atoms. The summed E-state index contributed by atoms with van der Waals surface area (Å²) in [5, 5.41) is 7.65. The molecule has 6 nitrogen and oxygen atoms in total. The van der Waals surface area contributed by atoms with Crippen LogP contribution in [0.15, 0.2) is 77.5 Å². The van der Waals surface area contributed by atoms with Crippen molar-refractivity contribution in [2.24, 2.45) is 0 Å². The van der Waals surface area contributed by atoms with E-state index in [4.69, 9.17) is 20.8 Å². The van der Waals surface area contributed by atoms with Crippen molar-refractivity contribution >= 4 is 23.2 Å². The minimum absolute atomic E-state index is 0.122. The third-order valence-electron chi connectivity index (χ3n) is 4.20. The molecule has 2 aromatic heterocycles. The van der Waals surface area contributed by atoms with Crippen molar-refractivity contribution in [2.75, 3.05) is 5.32 Å². The Kier molecular flexibility index (Phi) is 5.81. The second kappa shape index (κ2) is 8.84. The topological polar surface area (TPSA) is 69.3 Å². The Morgan fingerprint density at radius 3 is 2.80 bits per heavy atom. The van der Waals surface area contributed by atoms with E-state index in [1.165, 1.54) is 24.3 Å². The van der Waals surface area contributed by atoms with Gasteiger partial charge in [-0.1, -0.05) is 23.7 Å². The van der Waals surface area contributed by atoms with Crippen LogP contribution in [0.25, 0.3) is 0 Å². The number of anilines is 1. The highest BCUT2D eigenvalue weighted by Crippen LogP contribution is 2.17. The monoisotopic (exact) mass is 425 g/mol. The zero-order chi connectivity index (χ0) is 20.9. The second-order valence-corrected chi connectivity index (χ2v) is 6.96. The average molecular weight is 426 g/mol. The smallest absolute Gasteiger partial charge is 0.291 e. The molecule has 0 aliphatic heterocycles. The Hall–Kier alpha value is -3.58. The summed E-state index contributed by atoms with van der Waals surface area (Å²) in [5.41, 5.74) is 1.54. The maximum atomic E-state index is 12.9. The van der Waals surface area contributed by atoms with E-state index in [0.717, 1.165) is 5.56 Å². The van der Waals surface area contributed by atoms with Crippen molar-refractivity contribution in [3.8, 4) is 5.75 Å². The highest BCUT2D eigenvalue weighted by Gasteiger charge is 2.13. The number of ether oxygens (including phenoxy) is 1. The van der Waals surface area contributed by atoms with Gasteiger partial charge in [-0.2, -0.15) is 5.10 Å².